The molecule has 2 aromatic heterocycles. The third-order valence-electron chi connectivity index (χ3n) is 3.17. The Labute approximate surface area is 119 Å². The highest BCUT2D eigenvalue weighted by molar-refractivity contribution is 7.12. The van der Waals surface area contributed by atoms with Crippen LogP contribution in [0.2, 0.25) is 0 Å². The smallest absolute Gasteiger partial charge is 0.354 e. The number of carboxylic acid groups (broad SMARTS) is 1. The predicted octanol–water partition coefficient (Wildman–Crippen LogP) is 1.80. The van der Waals surface area contributed by atoms with Crippen molar-refractivity contribution in [3.63, 3.8) is 0 Å². The zero-order valence-electron chi connectivity index (χ0n) is 11.7. The molecule has 106 valence electrons. The minimum absolute atomic E-state index is 0.435. The molecule has 2 rings (SSSR count). The first-order valence-corrected chi connectivity index (χ1v) is 6.96. The maximum absolute atomic E-state index is 12.1. The van der Waals surface area contributed by atoms with E-state index in [2.05, 4.69) is 9.97 Å². The van der Waals surface area contributed by atoms with Gasteiger partial charge in [0.2, 0.25) is 0 Å². The van der Waals surface area contributed by atoms with E-state index in [1.807, 2.05) is 12.3 Å². The van der Waals surface area contributed by atoms with E-state index < -0.39 is 17.6 Å². The van der Waals surface area contributed by atoms with E-state index in [0.717, 1.165) is 5.69 Å². The summed E-state index contributed by atoms with van der Waals surface area (Å²) in [5.41, 5.74) is 1.96. The third-order valence-corrected chi connectivity index (χ3v) is 4.11. The Hall–Kier alpha value is -2.02. The summed E-state index contributed by atoms with van der Waals surface area (Å²) in [7, 11) is 0. The monoisotopic (exact) mass is 293 g/mol. The lowest BCUT2D eigenvalue weighted by Crippen LogP contribution is -2.28. The van der Waals surface area contributed by atoms with Crippen LogP contribution in [0.5, 0.6) is 0 Å². The van der Waals surface area contributed by atoms with Crippen LogP contribution in [0.15, 0.2) is 10.2 Å². The summed E-state index contributed by atoms with van der Waals surface area (Å²) in [6.45, 7) is 6.80. The van der Waals surface area contributed by atoms with Gasteiger partial charge in [0, 0.05) is 22.3 Å². The van der Waals surface area contributed by atoms with Crippen molar-refractivity contribution in [3.05, 3.63) is 38.5 Å². The van der Waals surface area contributed by atoms with Crippen molar-refractivity contribution in [2.45, 2.75) is 33.6 Å². The minimum atomic E-state index is -0.946. The van der Waals surface area contributed by atoms with Gasteiger partial charge in [-0.25, -0.2) is 14.3 Å². The van der Waals surface area contributed by atoms with Crippen LogP contribution >= 0.6 is 11.3 Å². The van der Waals surface area contributed by atoms with Gasteiger partial charge in [-0.05, 0) is 27.7 Å². The topological polar surface area (TPSA) is 85.1 Å². The SMILES string of the molecule is Cc1csc(-n2c(C)c(C(C)C(=O)O)c(C)nc2=O)n1. The lowest BCUT2D eigenvalue weighted by atomic mass is 9.98. The number of hydrogen-bond acceptors (Lipinski definition) is 5. The summed E-state index contributed by atoms with van der Waals surface area (Å²) in [5.74, 6) is -1.67. The summed E-state index contributed by atoms with van der Waals surface area (Å²) in [6, 6.07) is 0. The first-order valence-electron chi connectivity index (χ1n) is 6.08. The van der Waals surface area contributed by atoms with Crippen LogP contribution in [-0.2, 0) is 4.79 Å². The van der Waals surface area contributed by atoms with Gasteiger partial charge in [-0.15, -0.1) is 11.3 Å². The van der Waals surface area contributed by atoms with Crippen LogP contribution in [0.25, 0.3) is 5.13 Å². The summed E-state index contributed by atoms with van der Waals surface area (Å²) in [5, 5.41) is 11.5. The van der Waals surface area contributed by atoms with E-state index >= 15 is 0 Å². The van der Waals surface area contributed by atoms with Crippen LogP contribution in [-0.4, -0.2) is 25.6 Å². The van der Waals surface area contributed by atoms with E-state index in [1.54, 1.807) is 20.8 Å². The van der Waals surface area contributed by atoms with Gasteiger partial charge in [0.05, 0.1) is 11.6 Å². The molecule has 7 heteroatoms. The molecule has 1 N–H and O–H groups in total. The fourth-order valence-electron chi connectivity index (χ4n) is 2.20. The van der Waals surface area contributed by atoms with Crippen molar-refractivity contribution in [2.75, 3.05) is 0 Å². The molecule has 0 aliphatic carbocycles. The number of aryl methyl sites for hydroxylation is 2. The fraction of sp³-hybridized carbons (Fsp3) is 0.385. The second-order valence-electron chi connectivity index (χ2n) is 4.65. The van der Waals surface area contributed by atoms with E-state index in [4.69, 9.17) is 0 Å². The lowest BCUT2D eigenvalue weighted by molar-refractivity contribution is -0.138. The molecular weight excluding hydrogens is 278 g/mol. The number of carbonyl (C=O) groups is 1. The van der Waals surface area contributed by atoms with Gasteiger partial charge in [0.15, 0.2) is 5.13 Å². The number of aromatic nitrogens is 3. The lowest BCUT2D eigenvalue weighted by Gasteiger charge is -2.16. The maximum Gasteiger partial charge on any atom is 0.354 e. The Bertz CT molecular complexity index is 733. The molecule has 0 aromatic carbocycles. The molecule has 0 radical (unpaired) electrons. The van der Waals surface area contributed by atoms with Crippen LogP contribution in [0.3, 0.4) is 0 Å². The molecule has 0 aliphatic rings. The van der Waals surface area contributed by atoms with E-state index in [-0.39, 0.29) is 0 Å². The molecule has 0 amide bonds. The fourth-order valence-corrected chi connectivity index (χ4v) is 3.04. The number of carboxylic acids is 1. The van der Waals surface area contributed by atoms with Crippen molar-refractivity contribution in [1.29, 1.82) is 0 Å². The second-order valence-corrected chi connectivity index (χ2v) is 5.48. The van der Waals surface area contributed by atoms with Gasteiger partial charge in [-0.3, -0.25) is 4.79 Å². The van der Waals surface area contributed by atoms with Crippen LogP contribution in [0.4, 0.5) is 0 Å². The average Bonchev–Trinajstić information content (AvgIpc) is 2.74. The molecule has 20 heavy (non-hydrogen) atoms. The Morgan fingerprint density at radius 1 is 1.35 bits per heavy atom. The zero-order valence-corrected chi connectivity index (χ0v) is 12.5. The van der Waals surface area contributed by atoms with Gasteiger partial charge < -0.3 is 5.11 Å². The Morgan fingerprint density at radius 2 is 2.00 bits per heavy atom. The number of hydrogen-bond donors (Lipinski definition) is 1. The van der Waals surface area contributed by atoms with Gasteiger partial charge >= 0.3 is 11.7 Å². The van der Waals surface area contributed by atoms with E-state index in [0.29, 0.717) is 22.1 Å². The van der Waals surface area contributed by atoms with Crippen molar-refractivity contribution < 1.29 is 9.90 Å². The van der Waals surface area contributed by atoms with E-state index in [1.165, 1.54) is 15.9 Å². The molecule has 2 aromatic rings. The molecule has 0 saturated carbocycles. The molecule has 1 unspecified atom stereocenters. The quantitative estimate of drug-likeness (QED) is 0.932. The molecule has 0 spiro atoms. The van der Waals surface area contributed by atoms with Gasteiger partial charge in [-0.2, -0.15) is 4.98 Å². The second kappa shape index (κ2) is 5.16. The van der Waals surface area contributed by atoms with Crippen LogP contribution < -0.4 is 5.69 Å². The third kappa shape index (κ3) is 2.36. The number of aliphatic carboxylic acids is 1. The van der Waals surface area contributed by atoms with Crippen LogP contribution in [0, 0.1) is 20.8 Å². The van der Waals surface area contributed by atoms with Gasteiger partial charge in [0.25, 0.3) is 0 Å². The van der Waals surface area contributed by atoms with E-state index in [9.17, 15) is 14.7 Å². The average molecular weight is 293 g/mol. The highest BCUT2D eigenvalue weighted by atomic mass is 32.1. The van der Waals surface area contributed by atoms with Gasteiger partial charge in [0.1, 0.15) is 0 Å². The number of rotatable bonds is 3. The highest BCUT2D eigenvalue weighted by Crippen LogP contribution is 2.24. The molecule has 0 fully saturated rings. The Morgan fingerprint density at radius 3 is 2.50 bits per heavy atom. The highest BCUT2D eigenvalue weighted by Gasteiger charge is 2.23. The minimum Gasteiger partial charge on any atom is -0.481 e. The molecule has 6 nitrogen and oxygen atoms in total. The predicted molar refractivity (Wildman–Crippen MR) is 75.8 cm³/mol. The maximum atomic E-state index is 12.1. The standard InChI is InChI=1S/C13H15N3O3S/c1-6-5-20-13(14-6)16-9(4)10(7(2)11(17)18)8(3)15-12(16)19/h5,7H,1-4H3,(H,17,18). The molecule has 0 bridgehead atoms. The van der Waals surface area contributed by atoms with Crippen molar-refractivity contribution in [1.82, 2.24) is 14.5 Å². The summed E-state index contributed by atoms with van der Waals surface area (Å²) in [4.78, 5) is 31.5. The zero-order chi connectivity index (χ0) is 15.0. The number of nitrogens with zero attached hydrogens (tertiary/aromatic N) is 3. The normalized spacial score (nSPS) is 12.4. The molecule has 0 aliphatic heterocycles. The number of thiazole rings is 1. The first kappa shape index (κ1) is 14.4. The molecule has 1 atom stereocenters. The first-order chi connectivity index (χ1) is 9.32. The molecular formula is C13H15N3O3S. The molecule has 2 heterocycles. The van der Waals surface area contributed by atoms with Crippen molar-refractivity contribution in [2.24, 2.45) is 0 Å². The van der Waals surface area contributed by atoms with Crippen molar-refractivity contribution >= 4 is 17.3 Å². The summed E-state index contributed by atoms with van der Waals surface area (Å²) < 4.78 is 1.37. The Balaban J connectivity index is 2.74. The summed E-state index contributed by atoms with van der Waals surface area (Å²) in [6.07, 6.45) is 0. The summed E-state index contributed by atoms with van der Waals surface area (Å²) >= 11 is 1.33. The molecule has 0 saturated heterocycles. The largest absolute Gasteiger partial charge is 0.481 e. The van der Waals surface area contributed by atoms with Crippen LogP contribution in [0.1, 0.15) is 35.5 Å². The van der Waals surface area contributed by atoms with Gasteiger partial charge in [-0.1, -0.05) is 0 Å². The van der Waals surface area contributed by atoms with Crippen molar-refractivity contribution in [3.8, 4) is 5.13 Å². The Kier molecular flexibility index (Phi) is 3.71.